The fourth-order valence-corrected chi connectivity index (χ4v) is 26.9. The Hall–Kier alpha value is -12.4. The summed E-state index contributed by atoms with van der Waals surface area (Å²) in [5.41, 5.74) is 30.2. The van der Waals surface area contributed by atoms with Crippen LogP contribution in [0.1, 0.15) is 86.5 Å². The fourth-order valence-electron chi connectivity index (χ4n) is 26.9. The number of fused-ring (bicyclic) bond motifs is 16. The summed E-state index contributed by atoms with van der Waals surface area (Å²) < 4.78 is 6.43. The quantitative estimate of drug-likeness (QED) is 0.151. The van der Waals surface area contributed by atoms with Crippen molar-refractivity contribution in [2.75, 3.05) is 0 Å². The predicted molar refractivity (Wildman–Crippen MR) is 482 cm³/mol. The molecular weight excluding hydrogens is 1390 g/mol. The van der Waals surface area contributed by atoms with Crippen molar-refractivity contribution in [1.82, 2.24) is 0 Å². The second-order valence-electron chi connectivity index (χ2n) is 35.9. The van der Waals surface area contributed by atoms with Gasteiger partial charge in [-0.2, -0.15) is 0 Å². The van der Waals surface area contributed by atoms with Crippen LogP contribution >= 0.6 is 0 Å². The van der Waals surface area contributed by atoms with Crippen molar-refractivity contribution < 1.29 is 4.42 Å². The maximum atomic E-state index is 6.43. The van der Waals surface area contributed by atoms with E-state index in [9.17, 15) is 0 Å². The smallest absolute Gasteiger partial charge is 0.136 e. The highest BCUT2D eigenvalue weighted by Gasteiger charge is 2.63. The highest BCUT2D eigenvalue weighted by atomic mass is 16.3. The molecule has 8 bridgehead atoms. The van der Waals surface area contributed by atoms with E-state index in [4.69, 9.17) is 4.42 Å². The molecule has 0 N–H and O–H groups in total. The second-order valence-corrected chi connectivity index (χ2v) is 35.9. The van der Waals surface area contributed by atoms with E-state index in [0.29, 0.717) is 0 Å². The van der Waals surface area contributed by atoms with Gasteiger partial charge in [0.15, 0.2) is 0 Å². The van der Waals surface area contributed by atoms with Gasteiger partial charge in [-0.15, -0.1) is 0 Å². The van der Waals surface area contributed by atoms with E-state index in [-0.39, 0.29) is 10.8 Å². The summed E-state index contributed by atoms with van der Waals surface area (Å²) in [6.45, 7) is 0. The molecule has 8 saturated carbocycles. The fraction of sp³-hybridized carbons (Fsp3) is 0.175. The summed E-state index contributed by atoms with van der Waals surface area (Å²) in [6.07, 6.45) is 14.2. The van der Waals surface area contributed by atoms with Crippen LogP contribution in [0.4, 0.5) is 0 Å². The van der Waals surface area contributed by atoms with Gasteiger partial charge in [0, 0.05) is 21.6 Å². The first-order valence-corrected chi connectivity index (χ1v) is 42.8. The first-order chi connectivity index (χ1) is 57.0. The average molecular weight is 1470 g/mol. The Bertz CT molecular complexity index is 7220. The molecule has 2 spiro atoms. The zero-order valence-electron chi connectivity index (χ0n) is 64.4. The molecule has 0 amide bonds. The van der Waals surface area contributed by atoms with Crippen molar-refractivity contribution in [3.8, 4) is 89.0 Å². The number of hydrogen-bond donors (Lipinski definition) is 0. The lowest BCUT2D eigenvalue weighted by molar-refractivity contribution is -0.0399. The molecule has 29 rings (SSSR count). The van der Waals surface area contributed by atoms with E-state index >= 15 is 0 Å². The Morgan fingerprint density at radius 3 is 0.922 bits per heavy atom. The Morgan fingerprint density at radius 1 is 0.183 bits per heavy atom. The van der Waals surface area contributed by atoms with Crippen LogP contribution in [0.3, 0.4) is 0 Å². The van der Waals surface area contributed by atoms with Gasteiger partial charge in [-0.05, 0) is 329 Å². The molecule has 0 atom stereocenters. The van der Waals surface area contributed by atoms with Gasteiger partial charge < -0.3 is 4.42 Å². The molecule has 115 heavy (non-hydrogen) atoms. The van der Waals surface area contributed by atoms with Crippen molar-refractivity contribution in [3.63, 3.8) is 0 Å². The molecule has 19 aromatic rings. The number of benzene rings is 18. The summed E-state index contributed by atoms with van der Waals surface area (Å²) in [4.78, 5) is 0. The van der Waals surface area contributed by atoms with Crippen LogP contribution in [0.5, 0.6) is 0 Å². The van der Waals surface area contributed by atoms with Gasteiger partial charge >= 0.3 is 0 Å². The van der Waals surface area contributed by atoms with Gasteiger partial charge in [-0.3, -0.25) is 0 Å². The maximum absolute atomic E-state index is 6.43. The van der Waals surface area contributed by atoms with Gasteiger partial charge in [0.2, 0.25) is 0 Å². The van der Waals surface area contributed by atoms with Gasteiger partial charge in [0.25, 0.3) is 0 Å². The lowest BCUT2D eigenvalue weighted by Crippen LogP contribution is -2.55. The zero-order chi connectivity index (χ0) is 74.9. The minimum atomic E-state index is 0.152. The topological polar surface area (TPSA) is 13.1 Å². The largest absolute Gasteiger partial charge is 0.456 e. The SMILES string of the molecule is c1ccc2c(c1)-c1ccc(-c3ccc(-c4c5ccccc5c(-c5ccc6c(c5)oc5ccccc56)c5ccccc45)c4ccccc34)cc1C21C2CC3CC(C2)CC1C3.c1ccc2c(c1)-c1ccc(-c3ccc(-c4c5ccccc5c(-c5cccc6ccccc56)c5ccccc45)c4ccccc34)cc1C21C2CC3CC(C2)CC1C3. The van der Waals surface area contributed by atoms with Crippen LogP contribution < -0.4 is 0 Å². The van der Waals surface area contributed by atoms with Crippen molar-refractivity contribution in [3.05, 3.63) is 362 Å². The molecule has 10 aliphatic carbocycles. The molecule has 1 heterocycles. The molecule has 1 heteroatoms. The first-order valence-electron chi connectivity index (χ1n) is 42.8. The van der Waals surface area contributed by atoms with Crippen molar-refractivity contribution in [2.24, 2.45) is 47.3 Å². The third-order valence-electron chi connectivity index (χ3n) is 30.7. The second kappa shape index (κ2) is 24.6. The zero-order valence-corrected chi connectivity index (χ0v) is 64.4. The van der Waals surface area contributed by atoms with Gasteiger partial charge in [-0.1, -0.05) is 309 Å². The third kappa shape index (κ3) is 9.11. The van der Waals surface area contributed by atoms with Crippen molar-refractivity contribution in [2.45, 2.75) is 75.0 Å². The summed E-state index contributed by atoms with van der Waals surface area (Å²) in [6, 6.07) is 129. The van der Waals surface area contributed by atoms with Gasteiger partial charge in [0.05, 0.1) is 0 Å². The lowest BCUT2D eigenvalue weighted by atomic mass is 9.43. The maximum Gasteiger partial charge on any atom is 0.136 e. The molecule has 0 unspecified atom stereocenters. The van der Waals surface area contributed by atoms with E-state index in [0.717, 1.165) is 69.3 Å². The van der Waals surface area contributed by atoms with E-state index in [2.05, 4.69) is 334 Å². The van der Waals surface area contributed by atoms with E-state index in [1.807, 2.05) is 6.07 Å². The van der Waals surface area contributed by atoms with Gasteiger partial charge in [-0.25, -0.2) is 0 Å². The van der Waals surface area contributed by atoms with E-state index in [1.54, 1.807) is 22.3 Å². The van der Waals surface area contributed by atoms with Crippen LogP contribution in [0, 0.1) is 47.3 Å². The first kappa shape index (κ1) is 65.0. The Morgan fingerprint density at radius 2 is 0.478 bits per heavy atom. The monoisotopic (exact) mass is 1470 g/mol. The highest BCUT2D eigenvalue weighted by molar-refractivity contribution is 6.27. The third-order valence-corrected chi connectivity index (χ3v) is 30.7. The Balaban J connectivity index is 0.000000126. The predicted octanol–water partition coefficient (Wildman–Crippen LogP) is 30.8. The Kier molecular flexibility index (Phi) is 13.9. The number of rotatable bonds is 6. The number of hydrogen-bond acceptors (Lipinski definition) is 1. The minimum Gasteiger partial charge on any atom is -0.456 e. The van der Waals surface area contributed by atoms with Crippen LogP contribution in [-0.2, 0) is 10.8 Å². The van der Waals surface area contributed by atoms with Crippen LogP contribution in [-0.4, -0.2) is 0 Å². The molecule has 18 aromatic carbocycles. The summed E-state index contributed by atoms with van der Waals surface area (Å²) in [5, 5.41) is 20.4. The van der Waals surface area contributed by atoms with Crippen molar-refractivity contribution in [1.29, 1.82) is 0 Å². The summed E-state index contributed by atoms with van der Waals surface area (Å²) in [5.74, 6) is 6.75. The molecule has 8 fully saturated rings. The number of para-hydroxylation sites is 1. The minimum absolute atomic E-state index is 0.152. The van der Waals surface area contributed by atoms with Crippen LogP contribution in [0.25, 0.3) is 186 Å². The Labute approximate surface area is 670 Å². The van der Waals surface area contributed by atoms with Crippen LogP contribution in [0.2, 0.25) is 0 Å². The normalized spacial score (nSPS) is 22.9. The molecule has 10 aliphatic rings. The van der Waals surface area contributed by atoms with Crippen LogP contribution in [0.15, 0.2) is 344 Å². The summed E-state index contributed by atoms with van der Waals surface area (Å²) >= 11 is 0. The molecule has 1 nitrogen and oxygen atoms in total. The standard InChI is InChI=1S/C58H42O.C56H42/c1-2-12-42-41(11-1)40(36-21-23-44-43-13-7-9-19-52(43)58(53(44)32-36)38-28-34-27-35(30-38)31-39(58)29-34)25-26-51(42)57-49-17-5-3-15-47(49)56(48-16-4-6-18-50(48)57)37-22-24-46-45-14-8-10-20-54(45)59-55(46)33-37;1-2-14-40-36(12-1)13-11-22-46(40)54-47-18-5-7-20-49(47)55(50-21-8-6-19-48(50)54)51-27-26-41(42-15-3-4-16-43(42)51)37-24-25-45-44-17-9-10-23-52(44)56(53(45)33-37)38-29-34-28-35(31-38)32-39(56)30-34/h1-26,32-35,38-39H,27-31H2;1-27,33-35,38-39H,28-32H2. The lowest BCUT2D eigenvalue weighted by Gasteiger charge is -2.61. The van der Waals surface area contributed by atoms with E-state index < -0.39 is 0 Å². The summed E-state index contributed by atoms with van der Waals surface area (Å²) in [7, 11) is 0. The highest BCUT2D eigenvalue weighted by Crippen LogP contribution is 2.72. The molecule has 1 aromatic heterocycles. The molecule has 546 valence electrons. The number of furan rings is 1. The van der Waals surface area contributed by atoms with Gasteiger partial charge in [0.1, 0.15) is 11.2 Å². The van der Waals surface area contributed by atoms with Crippen molar-refractivity contribution >= 4 is 97.3 Å². The van der Waals surface area contributed by atoms with E-state index in [1.165, 1.54) is 229 Å². The molecule has 0 radical (unpaired) electrons. The molecule has 0 aliphatic heterocycles. The molecular formula is C114H84O. The average Bonchev–Trinajstić information content (AvgIpc) is 1.53. The molecule has 0 saturated heterocycles.